The van der Waals surface area contributed by atoms with Crippen LogP contribution >= 0.6 is 0 Å². The second kappa shape index (κ2) is 4.81. The van der Waals surface area contributed by atoms with Crippen LogP contribution in [0.2, 0.25) is 0 Å². The van der Waals surface area contributed by atoms with Gasteiger partial charge in [0.25, 0.3) is 0 Å². The van der Waals surface area contributed by atoms with E-state index in [0.29, 0.717) is 25.9 Å². The second-order valence-corrected chi connectivity index (χ2v) is 8.25. The maximum Gasteiger partial charge on any atom is 0.229 e. The molecule has 104 valence electrons. The predicted molar refractivity (Wildman–Crippen MR) is 70.0 cm³/mol. The molecule has 2 saturated heterocycles. The maximum absolute atomic E-state index is 12.5. The molecule has 2 rings (SSSR count). The van der Waals surface area contributed by atoms with E-state index in [4.69, 9.17) is 0 Å². The molecule has 0 aromatic carbocycles. The first-order chi connectivity index (χ1) is 8.32. The molecule has 0 bridgehead atoms. The molecule has 2 aliphatic heterocycles. The van der Waals surface area contributed by atoms with Crippen LogP contribution < -0.4 is 5.32 Å². The van der Waals surface area contributed by atoms with E-state index in [1.54, 1.807) is 0 Å². The summed E-state index contributed by atoms with van der Waals surface area (Å²) in [5, 5.41) is 3.27. The van der Waals surface area contributed by atoms with Crippen molar-refractivity contribution in [3.63, 3.8) is 0 Å². The van der Waals surface area contributed by atoms with Gasteiger partial charge in [0.15, 0.2) is 0 Å². The first-order valence-electron chi connectivity index (χ1n) is 6.54. The minimum Gasteiger partial charge on any atom is -0.338 e. The van der Waals surface area contributed by atoms with Crippen molar-refractivity contribution in [1.82, 2.24) is 10.2 Å². The monoisotopic (exact) mass is 274 g/mol. The number of hydrogen-bond acceptors (Lipinski definition) is 4. The Labute approximate surface area is 109 Å². The van der Waals surface area contributed by atoms with Gasteiger partial charge in [-0.15, -0.1) is 0 Å². The molecule has 0 saturated carbocycles. The Hall–Kier alpha value is -0.620. The van der Waals surface area contributed by atoms with E-state index in [1.165, 1.54) is 0 Å². The molecule has 2 fully saturated rings. The molecule has 2 heterocycles. The summed E-state index contributed by atoms with van der Waals surface area (Å²) in [5.41, 5.74) is -0.396. The molecule has 2 aliphatic rings. The first kappa shape index (κ1) is 13.8. The van der Waals surface area contributed by atoms with Crippen molar-refractivity contribution in [3.8, 4) is 0 Å². The fourth-order valence-corrected chi connectivity index (χ4v) is 4.17. The molecule has 18 heavy (non-hydrogen) atoms. The zero-order valence-electron chi connectivity index (χ0n) is 11.1. The molecule has 0 radical (unpaired) electrons. The van der Waals surface area contributed by atoms with Gasteiger partial charge < -0.3 is 10.2 Å². The fraction of sp³-hybridized carbons (Fsp3) is 0.917. The Bertz CT molecular complexity index is 417. The van der Waals surface area contributed by atoms with Gasteiger partial charge in [0.05, 0.1) is 16.9 Å². The number of hydrogen-bond donors (Lipinski definition) is 1. The van der Waals surface area contributed by atoms with Crippen molar-refractivity contribution >= 4 is 15.7 Å². The average Bonchev–Trinajstić information content (AvgIpc) is 2.41. The summed E-state index contributed by atoms with van der Waals surface area (Å²) in [6.07, 6.45) is 1.17. The number of rotatable bonds is 1. The largest absolute Gasteiger partial charge is 0.338 e. The third kappa shape index (κ3) is 2.85. The second-order valence-electron chi connectivity index (χ2n) is 5.94. The van der Waals surface area contributed by atoms with Crippen molar-refractivity contribution in [2.24, 2.45) is 5.41 Å². The third-order valence-corrected chi connectivity index (χ3v) is 5.62. The summed E-state index contributed by atoms with van der Waals surface area (Å²) in [6, 6.07) is 0.0974. The fourth-order valence-electron chi connectivity index (χ4n) is 2.70. The van der Waals surface area contributed by atoms with Gasteiger partial charge in [-0.05, 0) is 26.7 Å². The highest BCUT2D eigenvalue weighted by Gasteiger charge is 2.38. The number of nitrogens with zero attached hydrogens (tertiary/aromatic N) is 1. The van der Waals surface area contributed by atoms with Crippen LogP contribution in [0.3, 0.4) is 0 Å². The Morgan fingerprint density at radius 2 is 1.89 bits per heavy atom. The van der Waals surface area contributed by atoms with Crippen LogP contribution in [0.5, 0.6) is 0 Å². The zero-order chi connectivity index (χ0) is 13.4. The van der Waals surface area contributed by atoms with Crippen molar-refractivity contribution < 1.29 is 13.2 Å². The summed E-state index contributed by atoms with van der Waals surface area (Å²) in [7, 11) is -2.86. The minimum atomic E-state index is -2.86. The molecule has 6 heteroatoms. The van der Waals surface area contributed by atoms with Crippen LogP contribution in [-0.2, 0) is 14.6 Å². The molecule has 1 N–H and O–H groups in total. The molecule has 1 amide bonds. The van der Waals surface area contributed by atoms with Gasteiger partial charge in [0.2, 0.25) is 5.91 Å². The van der Waals surface area contributed by atoms with Gasteiger partial charge in [-0.25, -0.2) is 8.42 Å². The van der Waals surface area contributed by atoms with Gasteiger partial charge in [-0.1, -0.05) is 0 Å². The molecular formula is C12H22N2O3S. The highest BCUT2D eigenvalue weighted by Crippen LogP contribution is 2.25. The van der Waals surface area contributed by atoms with Crippen molar-refractivity contribution in [2.75, 3.05) is 31.1 Å². The van der Waals surface area contributed by atoms with E-state index in [9.17, 15) is 13.2 Å². The lowest BCUT2D eigenvalue weighted by molar-refractivity contribution is -0.141. The zero-order valence-corrected chi connectivity index (χ0v) is 11.9. The molecule has 0 aliphatic carbocycles. The van der Waals surface area contributed by atoms with Crippen molar-refractivity contribution in [3.05, 3.63) is 0 Å². The summed E-state index contributed by atoms with van der Waals surface area (Å²) in [5.74, 6) is 0.585. The Kier molecular flexibility index (Phi) is 3.69. The number of sulfone groups is 1. The normalized spacial score (nSPS) is 29.0. The topological polar surface area (TPSA) is 66.5 Å². The van der Waals surface area contributed by atoms with Gasteiger partial charge in [0, 0.05) is 25.7 Å². The van der Waals surface area contributed by atoms with Crippen LogP contribution in [0.4, 0.5) is 0 Å². The molecule has 0 spiro atoms. The van der Waals surface area contributed by atoms with Crippen LogP contribution in [0.15, 0.2) is 0 Å². The van der Waals surface area contributed by atoms with Crippen LogP contribution in [0, 0.1) is 5.41 Å². The van der Waals surface area contributed by atoms with Crippen LogP contribution in [0.1, 0.15) is 26.7 Å². The number of amides is 1. The molecule has 5 nitrogen and oxygen atoms in total. The standard InChI is InChI=1S/C12H22N2O3S/c1-12(2)9-13-5-6-14(11(12)15)10-3-7-18(16,17)8-4-10/h10,13H,3-9H2,1-2H3. The summed E-state index contributed by atoms with van der Waals surface area (Å²) in [6.45, 7) is 6.05. The lowest BCUT2D eigenvalue weighted by Gasteiger charge is -2.36. The van der Waals surface area contributed by atoms with Crippen molar-refractivity contribution in [2.45, 2.75) is 32.7 Å². The third-order valence-electron chi connectivity index (χ3n) is 3.90. The Balaban J connectivity index is 2.10. The molecular weight excluding hydrogens is 252 g/mol. The first-order valence-corrected chi connectivity index (χ1v) is 8.36. The van der Waals surface area contributed by atoms with Gasteiger partial charge in [0.1, 0.15) is 9.84 Å². The number of nitrogens with one attached hydrogen (secondary N) is 1. The average molecular weight is 274 g/mol. The molecule has 0 atom stereocenters. The van der Waals surface area contributed by atoms with Crippen molar-refractivity contribution in [1.29, 1.82) is 0 Å². The highest BCUT2D eigenvalue weighted by atomic mass is 32.2. The van der Waals surface area contributed by atoms with Crippen LogP contribution in [-0.4, -0.2) is 56.4 Å². The summed E-state index contributed by atoms with van der Waals surface area (Å²) in [4.78, 5) is 14.4. The maximum atomic E-state index is 12.5. The lowest BCUT2D eigenvalue weighted by atomic mass is 9.91. The van der Waals surface area contributed by atoms with E-state index >= 15 is 0 Å². The van der Waals surface area contributed by atoms with E-state index in [2.05, 4.69) is 5.32 Å². The Morgan fingerprint density at radius 3 is 2.50 bits per heavy atom. The molecule has 0 unspecified atom stereocenters. The van der Waals surface area contributed by atoms with Gasteiger partial charge in [-0.3, -0.25) is 4.79 Å². The quantitative estimate of drug-likeness (QED) is 0.732. The lowest BCUT2D eigenvalue weighted by Crippen LogP contribution is -2.49. The van der Waals surface area contributed by atoms with E-state index in [1.807, 2.05) is 18.7 Å². The summed E-state index contributed by atoms with van der Waals surface area (Å²) < 4.78 is 22.9. The molecule has 0 aromatic rings. The SMILES string of the molecule is CC1(C)CNCCN(C2CCS(=O)(=O)CC2)C1=O. The van der Waals surface area contributed by atoms with Gasteiger partial charge in [-0.2, -0.15) is 0 Å². The smallest absolute Gasteiger partial charge is 0.229 e. The predicted octanol–water partition coefficient (Wildman–Crippen LogP) is 0.0216. The Morgan fingerprint density at radius 1 is 1.28 bits per heavy atom. The van der Waals surface area contributed by atoms with Gasteiger partial charge >= 0.3 is 0 Å². The highest BCUT2D eigenvalue weighted by molar-refractivity contribution is 7.91. The van der Waals surface area contributed by atoms with E-state index in [0.717, 1.165) is 6.54 Å². The number of carbonyl (C=O) groups is 1. The minimum absolute atomic E-state index is 0.0974. The van der Waals surface area contributed by atoms with E-state index < -0.39 is 15.3 Å². The summed E-state index contributed by atoms with van der Waals surface area (Å²) >= 11 is 0. The number of carbonyl (C=O) groups excluding carboxylic acids is 1. The van der Waals surface area contributed by atoms with E-state index in [-0.39, 0.29) is 23.5 Å². The molecule has 0 aromatic heterocycles. The van der Waals surface area contributed by atoms with Crippen LogP contribution in [0.25, 0.3) is 0 Å².